The molecule has 0 aliphatic heterocycles. The average molecular weight is 335 g/mol. The number of carboxylic acid groups (broad SMARTS) is 1. The quantitative estimate of drug-likeness (QED) is 0.616. The Hall–Kier alpha value is -1.87. The van der Waals surface area contributed by atoms with Crippen molar-refractivity contribution in [2.45, 2.75) is 6.04 Å². The van der Waals surface area contributed by atoms with Crippen LogP contribution in [0.15, 0.2) is 10.5 Å². The summed E-state index contributed by atoms with van der Waals surface area (Å²) in [5.74, 6) is -1.47. The van der Waals surface area contributed by atoms with E-state index in [4.69, 9.17) is 20.3 Å². The molecule has 0 heterocycles. The molecule has 0 saturated heterocycles. The number of nitro benzene ring substituents is 1. The van der Waals surface area contributed by atoms with Gasteiger partial charge in [-0.05, 0) is 6.07 Å². The van der Waals surface area contributed by atoms with Crippen LogP contribution in [-0.4, -0.2) is 30.2 Å². The number of methoxy groups -OCH3 is 2. The number of carbonyl (C=O) groups is 1. The SMILES string of the molecule is COc1cc(Br)c([C@H](N)C(=O)O)c([N+](=O)[O-])c1OC. The summed E-state index contributed by atoms with van der Waals surface area (Å²) in [6, 6.07) is -0.196. The zero-order valence-corrected chi connectivity index (χ0v) is 11.6. The van der Waals surface area contributed by atoms with E-state index in [-0.39, 0.29) is 21.5 Å². The number of nitro groups is 1. The maximum Gasteiger partial charge on any atom is 0.325 e. The smallest absolute Gasteiger partial charge is 0.325 e. The number of aliphatic carboxylic acids is 1. The van der Waals surface area contributed by atoms with Crippen molar-refractivity contribution >= 4 is 27.6 Å². The molecule has 0 saturated carbocycles. The van der Waals surface area contributed by atoms with E-state index in [1.54, 1.807) is 0 Å². The lowest BCUT2D eigenvalue weighted by molar-refractivity contribution is -0.386. The Morgan fingerprint density at radius 1 is 1.53 bits per heavy atom. The molecule has 0 amide bonds. The summed E-state index contributed by atoms with van der Waals surface area (Å²) in [5.41, 5.74) is 4.74. The number of benzene rings is 1. The van der Waals surface area contributed by atoms with Crippen molar-refractivity contribution in [2.24, 2.45) is 5.73 Å². The first-order valence-electron chi connectivity index (χ1n) is 4.92. The van der Waals surface area contributed by atoms with Gasteiger partial charge in [0.25, 0.3) is 0 Å². The van der Waals surface area contributed by atoms with Gasteiger partial charge in [-0.1, -0.05) is 15.9 Å². The summed E-state index contributed by atoms with van der Waals surface area (Å²) < 4.78 is 10.0. The largest absolute Gasteiger partial charge is 0.493 e. The van der Waals surface area contributed by atoms with E-state index in [1.165, 1.54) is 20.3 Å². The predicted molar refractivity (Wildman–Crippen MR) is 68.5 cm³/mol. The van der Waals surface area contributed by atoms with Crippen LogP contribution in [0.4, 0.5) is 5.69 Å². The minimum Gasteiger partial charge on any atom is -0.493 e. The van der Waals surface area contributed by atoms with Crippen LogP contribution in [0, 0.1) is 10.1 Å². The van der Waals surface area contributed by atoms with Gasteiger partial charge < -0.3 is 20.3 Å². The third-order valence-corrected chi connectivity index (χ3v) is 3.05. The molecule has 19 heavy (non-hydrogen) atoms. The number of nitrogens with zero attached hydrogens (tertiary/aromatic N) is 1. The number of ether oxygens (including phenoxy) is 2. The zero-order chi connectivity index (χ0) is 14.7. The minimum absolute atomic E-state index is 0.0995. The highest BCUT2D eigenvalue weighted by molar-refractivity contribution is 9.10. The standard InChI is InChI=1S/C10H11BrN2O6/c1-18-5-3-4(11)6(7(12)10(14)15)8(13(16)17)9(5)19-2/h3,7H,12H2,1-2H3,(H,14,15)/t7-/m0/s1. The molecule has 0 aliphatic rings. The lowest BCUT2D eigenvalue weighted by atomic mass is 10.0. The summed E-state index contributed by atoms with van der Waals surface area (Å²) in [6.45, 7) is 0. The third kappa shape index (κ3) is 2.76. The fourth-order valence-electron chi connectivity index (χ4n) is 1.56. The van der Waals surface area contributed by atoms with Crippen LogP contribution in [0.1, 0.15) is 11.6 Å². The zero-order valence-electron chi connectivity index (χ0n) is 10.0. The predicted octanol–water partition coefficient (Wildman–Crippen LogP) is 1.46. The Kier molecular flexibility index (Phi) is 4.67. The first-order chi connectivity index (χ1) is 8.84. The topological polar surface area (TPSA) is 125 Å². The summed E-state index contributed by atoms with van der Waals surface area (Å²) >= 11 is 3.06. The second kappa shape index (κ2) is 5.85. The molecule has 8 nitrogen and oxygen atoms in total. The molecule has 0 fully saturated rings. The lowest BCUT2D eigenvalue weighted by Gasteiger charge is -2.15. The molecule has 1 rings (SSSR count). The number of hydrogen-bond donors (Lipinski definition) is 2. The fourth-order valence-corrected chi connectivity index (χ4v) is 2.20. The highest BCUT2D eigenvalue weighted by Gasteiger charge is 2.33. The Labute approximate surface area is 116 Å². The Balaban J connectivity index is 3.71. The maximum absolute atomic E-state index is 11.1. The number of hydrogen-bond acceptors (Lipinski definition) is 6. The summed E-state index contributed by atoms with van der Waals surface area (Å²) in [6.07, 6.45) is 0. The third-order valence-electron chi connectivity index (χ3n) is 2.39. The van der Waals surface area contributed by atoms with Gasteiger partial charge in [-0.3, -0.25) is 14.9 Å². The molecule has 0 radical (unpaired) electrons. The van der Waals surface area contributed by atoms with Gasteiger partial charge in [0, 0.05) is 4.47 Å². The number of carboxylic acids is 1. The summed E-state index contributed by atoms with van der Waals surface area (Å²) in [4.78, 5) is 21.3. The van der Waals surface area contributed by atoms with E-state index in [0.29, 0.717) is 0 Å². The second-order valence-electron chi connectivity index (χ2n) is 3.43. The molecule has 0 aliphatic carbocycles. The van der Waals surface area contributed by atoms with Crippen LogP contribution in [0.25, 0.3) is 0 Å². The Bertz CT molecular complexity index is 533. The van der Waals surface area contributed by atoms with Gasteiger partial charge in [0.05, 0.1) is 24.7 Å². The van der Waals surface area contributed by atoms with Crippen LogP contribution >= 0.6 is 15.9 Å². The number of nitrogens with two attached hydrogens (primary N) is 1. The van der Waals surface area contributed by atoms with Crippen molar-refractivity contribution in [3.63, 3.8) is 0 Å². The van der Waals surface area contributed by atoms with Crippen molar-refractivity contribution in [1.29, 1.82) is 0 Å². The molecule has 1 atom stereocenters. The van der Waals surface area contributed by atoms with Gasteiger partial charge in [0.15, 0.2) is 5.75 Å². The van der Waals surface area contributed by atoms with Crippen molar-refractivity contribution < 1.29 is 24.3 Å². The first-order valence-corrected chi connectivity index (χ1v) is 5.71. The average Bonchev–Trinajstić information content (AvgIpc) is 2.35. The van der Waals surface area contributed by atoms with Crippen molar-refractivity contribution in [1.82, 2.24) is 0 Å². The van der Waals surface area contributed by atoms with Gasteiger partial charge in [-0.2, -0.15) is 0 Å². The monoisotopic (exact) mass is 334 g/mol. The molecule has 3 N–H and O–H groups in total. The molecule has 0 aromatic heterocycles. The van der Waals surface area contributed by atoms with Crippen LogP contribution in [0.5, 0.6) is 11.5 Å². The van der Waals surface area contributed by atoms with E-state index in [1.807, 2.05) is 0 Å². The van der Waals surface area contributed by atoms with E-state index in [2.05, 4.69) is 15.9 Å². The maximum atomic E-state index is 11.1. The normalized spacial score (nSPS) is 11.8. The Morgan fingerprint density at radius 2 is 2.11 bits per heavy atom. The molecule has 104 valence electrons. The highest BCUT2D eigenvalue weighted by Crippen LogP contribution is 2.45. The summed E-state index contributed by atoms with van der Waals surface area (Å²) in [5, 5.41) is 20.1. The van der Waals surface area contributed by atoms with E-state index >= 15 is 0 Å². The van der Waals surface area contributed by atoms with Crippen molar-refractivity contribution in [3.05, 3.63) is 26.2 Å². The van der Waals surface area contributed by atoms with Crippen molar-refractivity contribution in [2.75, 3.05) is 14.2 Å². The molecule has 1 aromatic rings. The van der Waals surface area contributed by atoms with E-state index in [9.17, 15) is 14.9 Å². The molecule has 9 heteroatoms. The van der Waals surface area contributed by atoms with Crippen LogP contribution in [-0.2, 0) is 4.79 Å². The highest BCUT2D eigenvalue weighted by atomic mass is 79.9. The number of halogens is 1. The number of rotatable bonds is 5. The molecule has 1 aromatic carbocycles. The molecular formula is C10H11BrN2O6. The van der Waals surface area contributed by atoms with Crippen LogP contribution in [0.2, 0.25) is 0 Å². The lowest BCUT2D eigenvalue weighted by Crippen LogP contribution is -2.22. The van der Waals surface area contributed by atoms with E-state index in [0.717, 1.165) is 0 Å². The van der Waals surface area contributed by atoms with Crippen LogP contribution in [0.3, 0.4) is 0 Å². The molecule has 0 spiro atoms. The van der Waals surface area contributed by atoms with Gasteiger partial charge in [-0.25, -0.2) is 0 Å². The van der Waals surface area contributed by atoms with E-state index < -0.39 is 22.6 Å². The molecular weight excluding hydrogens is 324 g/mol. The van der Waals surface area contributed by atoms with Gasteiger partial charge in [0.1, 0.15) is 6.04 Å². The second-order valence-corrected chi connectivity index (χ2v) is 4.28. The minimum atomic E-state index is -1.56. The van der Waals surface area contributed by atoms with Gasteiger partial charge in [-0.15, -0.1) is 0 Å². The van der Waals surface area contributed by atoms with Crippen LogP contribution < -0.4 is 15.2 Å². The summed E-state index contributed by atoms with van der Waals surface area (Å²) in [7, 11) is 2.53. The fraction of sp³-hybridized carbons (Fsp3) is 0.300. The first kappa shape index (κ1) is 15.2. The van der Waals surface area contributed by atoms with Gasteiger partial charge >= 0.3 is 11.7 Å². The molecule has 0 unspecified atom stereocenters. The molecule has 0 bridgehead atoms. The Morgan fingerprint density at radius 3 is 2.47 bits per heavy atom. The van der Waals surface area contributed by atoms with Gasteiger partial charge in [0.2, 0.25) is 5.75 Å². The van der Waals surface area contributed by atoms with Crippen molar-refractivity contribution in [3.8, 4) is 11.5 Å².